The molecule has 1 N–H and O–H groups in total. The van der Waals surface area contributed by atoms with Crippen molar-refractivity contribution in [2.75, 3.05) is 19.8 Å². The van der Waals surface area contributed by atoms with Crippen LogP contribution in [0.25, 0.3) is 0 Å². The molecule has 0 rings (SSSR count). The van der Waals surface area contributed by atoms with Gasteiger partial charge in [0.25, 0.3) is 0 Å². The lowest BCUT2D eigenvalue weighted by Crippen LogP contribution is -2.38. The average Bonchev–Trinajstić information content (AvgIpc) is 2.16. The van der Waals surface area contributed by atoms with Crippen LogP contribution in [0.3, 0.4) is 0 Å². The average molecular weight is 201 g/mol. The number of hydrogen-bond donors (Lipinski definition) is 1. The van der Waals surface area contributed by atoms with Crippen LogP contribution in [0.5, 0.6) is 0 Å². The highest BCUT2D eigenvalue weighted by Gasteiger charge is 2.11. The van der Waals surface area contributed by atoms with Crippen LogP contribution in [-0.4, -0.2) is 25.8 Å². The third-order valence-electron chi connectivity index (χ3n) is 2.49. The van der Waals surface area contributed by atoms with E-state index >= 15 is 0 Å². The van der Waals surface area contributed by atoms with E-state index in [0.717, 1.165) is 19.8 Å². The summed E-state index contributed by atoms with van der Waals surface area (Å²) in [5, 5.41) is 3.56. The van der Waals surface area contributed by atoms with Gasteiger partial charge in [-0.3, -0.25) is 0 Å². The van der Waals surface area contributed by atoms with Gasteiger partial charge in [-0.1, -0.05) is 33.6 Å². The van der Waals surface area contributed by atoms with Crippen molar-refractivity contribution in [3.05, 3.63) is 0 Å². The van der Waals surface area contributed by atoms with E-state index in [-0.39, 0.29) is 0 Å². The first kappa shape index (κ1) is 13.9. The molecule has 86 valence electrons. The Balaban J connectivity index is 3.52. The summed E-state index contributed by atoms with van der Waals surface area (Å²) >= 11 is 0. The molecule has 0 aliphatic carbocycles. The van der Waals surface area contributed by atoms with Gasteiger partial charge in [-0.05, 0) is 25.8 Å². The molecule has 0 aliphatic heterocycles. The maximum Gasteiger partial charge on any atom is 0.0621 e. The number of unbranched alkanes of at least 4 members (excludes halogenated alkanes) is 2. The monoisotopic (exact) mass is 201 g/mol. The number of nitrogens with one attached hydrogen (secondary N) is 1. The van der Waals surface area contributed by atoms with Gasteiger partial charge in [0.1, 0.15) is 0 Å². The van der Waals surface area contributed by atoms with Gasteiger partial charge in [0.05, 0.1) is 6.61 Å². The van der Waals surface area contributed by atoms with Gasteiger partial charge in [0.15, 0.2) is 0 Å². The summed E-state index contributed by atoms with van der Waals surface area (Å²) in [6.45, 7) is 11.6. The molecule has 0 aliphatic rings. The van der Waals surface area contributed by atoms with Crippen molar-refractivity contribution in [3.63, 3.8) is 0 Å². The van der Waals surface area contributed by atoms with E-state index in [0.29, 0.717) is 12.0 Å². The highest BCUT2D eigenvalue weighted by atomic mass is 16.5. The zero-order valence-electron chi connectivity index (χ0n) is 10.3. The normalized spacial score (nSPS) is 13.5. The SMILES string of the molecule is CCCCCNC(COCC)C(C)C. The van der Waals surface area contributed by atoms with Crippen LogP contribution < -0.4 is 5.32 Å². The molecule has 2 heteroatoms. The first-order valence-corrected chi connectivity index (χ1v) is 6.03. The van der Waals surface area contributed by atoms with Gasteiger partial charge >= 0.3 is 0 Å². The Morgan fingerprint density at radius 3 is 2.36 bits per heavy atom. The van der Waals surface area contributed by atoms with E-state index in [2.05, 4.69) is 33.0 Å². The molecule has 0 heterocycles. The van der Waals surface area contributed by atoms with Crippen LogP contribution in [-0.2, 0) is 4.74 Å². The van der Waals surface area contributed by atoms with Crippen LogP contribution in [0.15, 0.2) is 0 Å². The lowest BCUT2D eigenvalue weighted by Gasteiger charge is -2.22. The van der Waals surface area contributed by atoms with Crippen molar-refractivity contribution >= 4 is 0 Å². The Morgan fingerprint density at radius 2 is 1.86 bits per heavy atom. The summed E-state index contributed by atoms with van der Waals surface area (Å²) in [5.41, 5.74) is 0. The summed E-state index contributed by atoms with van der Waals surface area (Å²) in [6, 6.07) is 0.520. The minimum atomic E-state index is 0.520. The molecule has 0 saturated carbocycles. The van der Waals surface area contributed by atoms with Crippen molar-refractivity contribution in [1.29, 1.82) is 0 Å². The van der Waals surface area contributed by atoms with Gasteiger partial charge in [-0.15, -0.1) is 0 Å². The molecule has 0 aromatic rings. The molecule has 0 amide bonds. The molecule has 0 aromatic heterocycles. The maximum absolute atomic E-state index is 5.45. The van der Waals surface area contributed by atoms with Crippen LogP contribution >= 0.6 is 0 Å². The summed E-state index contributed by atoms with van der Waals surface area (Å²) in [7, 11) is 0. The zero-order valence-corrected chi connectivity index (χ0v) is 10.3. The lowest BCUT2D eigenvalue weighted by atomic mass is 10.1. The van der Waals surface area contributed by atoms with Crippen molar-refractivity contribution in [3.8, 4) is 0 Å². The standard InChI is InChI=1S/C12H27NO/c1-5-7-8-9-13-12(11(3)4)10-14-6-2/h11-13H,5-10H2,1-4H3. The molecule has 0 fully saturated rings. The molecular formula is C12H27NO. The number of ether oxygens (including phenoxy) is 1. The van der Waals surface area contributed by atoms with Gasteiger partial charge in [-0.2, -0.15) is 0 Å². The van der Waals surface area contributed by atoms with Crippen LogP contribution in [0.2, 0.25) is 0 Å². The number of hydrogen-bond acceptors (Lipinski definition) is 2. The van der Waals surface area contributed by atoms with Crippen molar-refractivity contribution in [2.24, 2.45) is 5.92 Å². The molecular weight excluding hydrogens is 174 g/mol. The second kappa shape index (κ2) is 9.47. The molecule has 1 atom stereocenters. The largest absolute Gasteiger partial charge is 0.380 e. The molecule has 0 spiro atoms. The topological polar surface area (TPSA) is 21.3 Å². The van der Waals surface area contributed by atoms with Gasteiger partial charge in [-0.25, -0.2) is 0 Å². The maximum atomic E-state index is 5.45. The Labute approximate surface area is 89.4 Å². The minimum Gasteiger partial charge on any atom is -0.380 e. The second-order valence-corrected chi connectivity index (χ2v) is 4.17. The third-order valence-corrected chi connectivity index (χ3v) is 2.49. The Morgan fingerprint density at radius 1 is 1.14 bits per heavy atom. The summed E-state index contributed by atoms with van der Waals surface area (Å²) in [6.07, 6.45) is 3.90. The fourth-order valence-electron chi connectivity index (χ4n) is 1.39. The lowest BCUT2D eigenvalue weighted by molar-refractivity contribution is 0.108. The molecule has 2 nitrogen and oxygen atoms in total. The Bertz CT molecular complexity index is 115. The molecule has 14 heavy (non-hydrogen) atoms. The van der Waals surface area contributed by atoms with Crippen LogP contribution in [0.1, 0.15) is 47.0 Å². The second-order valence-electron chi connectivity index (χ2n) is 4.17. The van der Waals surface area contributed by atoms with E-state index in [4.69, 9.17) is 4.74 Å². The van der Waals surface area contributed by atoms with Crippen molar-refractivity contribution in [1.82, 2.24) is 5.32 Å². The van der Waals surface area contributed by atoms with Crippen molar-refractivity contribution in [2.45, 2.75) is 53.0 Å². The fourth-order valence-corrected chi connectivity index (χ4v) is 1.39. The zero-order chi connectivity index (χ0) is 10.8. The molecule has 0 radical (unpaired) electrons. The Hall–Kier alpha value is -0.0800. The van der Waals surface area contributed by atoms with Gasteiger partial charge in [0, 0.05) is 12.6 Å². The highest BCUT2D eigenvalue weighted by molar-refractivity contribution is 4.69. The summed E-state index contributed by atoms with van der Waals surface area (Å²) in [5.74, 6) is 0.656. The first-order chi connectivity index (χ1) is 6.72. The molecule has 0 saturated heterocycles. The van der Waals surface area contributed by atoms with E-state index in [9.17, 15) is 0 Å². The predicted octanol–water partition coefficient (Wildman–Crippen LogP) is 2.83. The van der Waals surface area contributed by atoms with E-state index < -0.39 is 0 Å². The van der Waals surface area contributed by atoms with E-state index in [1.54, 1.807) is 0 Å². The first-order valence-electron chi connectivity index (χ1n) is 6.03. The quantitative estimate of drug-likeness (QED) is 0.579. The molecule has 1 unspecified atom stereocenters. The van der Waals surface area contributed by atoms with Gasteiger partial charge < -0.3 is 10.1 Å². The summed E-state index contributed by atoms with van der Waals surface area (Å²) < 4.78 is 5.45. The molecule has 0 bridgehead atoms. The van der Waals surface area contributed by atoms with Crippen molar-refractivity contribution < 1.29 is 4.74 Å². The van der Waals surface area contributed by atoms with Crippen LogP contribution in [0, 0.1) is 5.92 Å². The smallest absolute Gasteiger partial charge is 0.0621 e. The minimum absolute atomic E-state index is 0.520. The highest BCUT2D eigenvalue weighted by Crippen LogP contribution is 2.03. The third kappa shape index (κ3) is 7.34. The Kier molecular flexibility index (Phi) is 9.42. The predicted molar refractivity (Wildman–Crippen MR) is 62.6 cm³/mol. The van der Waals surface area contributed by atoms with E-state index in [1.807, 2.05) is 0 Å². The van der Waals surface area contributed by atoms with E-state index in [1.165, 1.54) is 19.3 Å². The summed E-state index contributed by atoms with van der Waals surface area (Å²) in [4.78, 5) is 0. The van der Waals surface area contributed by atoms with Gasteiger partial charge in [0.2, 0.25) is 0 Å². The molecule has 0 aromatic carbocycles. The fraction of sp³-hybridized carbons (Fsp3) is 1.00. The number of rotatable bonds is 9. The van der Waals surface area contributed by atoms with Crippen LogP contribution in [0.4, 0.5) is 0 Å².